The molecule has 0 amide bonds. The molecule has 2 nitrogen and oxygen atoms in total. The first-order valence-corrected chi connectivity index (χ1v) is 12.1. The summed E-state index contributed by atoms with van der Waals surface area (Å²) in [6.07, 6.45) is 18.3. The molecule has 29 heavy (non-hydrogen) atoms. The lowest BCUT2D eigenvalue weighted by molar-refractivity contribution is -0.425. The molecule has 0 N–H and O–H groups in total. The van der Waals surface area contributed by atoms with Crippen LogP contribution >= 0.6 is 0 Å². The molecule has 0 saturated heterocycles. The second-order valence-electron chi connectivity index (χ2n) is 9.92. The monoisotopic (exact) mass is 383 g/mol. The molecule has 2 aromatic rings. The number of fused-ring (bicyclic) bond motifs is 4. The number of hydrogen-bond donors (Lipinski definition) is 0. The summed E-state index contributed by atoms with van der Waals surface area (Å²) >= 11 is 0. The molecule has 0 aromatic heterocycles. The fourth-order valence-corrected chi connectivity index (χ4v) is 7.10. The predicted molar refractivity (Wildman–Crippen MR) is 119 cm³/mol. The molecule has 0 unspecified atom stereocenters. The largest absolute Gasteiger partial charge is 0.244 e. The van der Waals surface area contributed by atoms with E-state index in [1.165, 1.54) is 77.0 Å². The molecule has 0 spiro atoms. The minimum absolute atomic E-state index is 1.15. The zero-order valence-corrected chi connectivity index (χ0v) is 17.5. The number of anilines is 1. The third-order valence-corrected chi connectivity index (χ3v) is 8.32. The lowest BCUT2D eigenvalue weighted by Crippen LogP contribution is -2.21. The molecule has 2 heteroatoms. The minimum atomic E-state index is 1.15. The van der Waals surface area contributed by atoms with Crippen molar-refractivity contribution >= 4 is 17.7 Å². The van der Waals surface area contributed by atoms with E-state index in [0.717, 1.165) is 13.1 Å². The molecule has 148 valence electrons. The normalized spacial score (nSPS) is 21.4. The van der Waals surface area contributed by atoms with Gasteiger partial charge >= 0.3 is 0 Å². The Bertz CT molecular complexity index is 1010. The van der Waals surface area contributed by atoms with Gasteiger partial charge in [-0.2, -0.15) is 0 Å². The van der Waals surface area contributed by atoms with Gasteiger partial charge in [0.2, 0.25) is 6.34 Å². The first-order valence-electron chi connectivity index (χ1n) is 12.1. The van der Waals surface area contributed by atoms with Gasteiger partial charge in [0.1, 0.15) is 24.5 Å². The SMILES string of the molecule is C1=[N+](c2c3c(cc4c2CCC4)CCC3)CCN1c1c2c(cc3c1CCC3)CCC2. The third-order valence-electron chi connectivity index (χ3n) is 8.32. The van der Waals surface area contributed by atoms with E-state index in [9.17, 15) is 0 Å². The van der Waals surface area contributed by atoms with Crippen LogP contribution in [0.4, 0.5) is 11.4 Å². The Hall–Kier alpha value is -2.09. The van der Waals surface area contributed by atoms with Gasteiger partial charge in [-0.3, -0.25) is 0 Å². The number of benzene rings is 2. The van der Waals surface area contributed by atoms with Crippen LogP contribution in [-0.4, -0.2) is 24.0 Å². The fraction of sp³-hybridized carbons (Fsp3) is 0.519. The van der Waals surface area contributed by atoms with Crippen molar-refractivity contribution < 1.29 is 4.58 Å². The average Bonchev–Trinajstić information content (AvgIpc) is 3.54. The quantitative estimate of drug-likeness (QED) is 0.673. The maximum absolute atomic E-state index is 2.66. The van der Waals surface area contributed by atoms with Crippen molar-refractivity contribution in [2.45, 2.75) is 77.0 Å². The highest BCUT2D eigenvalue weighted by atomic mass is 15.3. The molecule has 0 atom stereocenters. The van der Waals surface area contributed by atoms with Crippen LogP contribution in [0.5, 0.6) is 0 Å². The minimum Gasteiger partial charge on any atom is -0.229 e. The van der Waals surface area contributed by atoms with Gasteiger partial charge in [-0.25, -0.2) is 9.48 Å². The molecule has 0 fully saturated rings. The molecular formula is C27H31N2+. The molecule has 4 aliphatic carbocycles. The molecule has 7 rings (SSSR count). The summed E-state index contributed by atoms with van der Waals surface area (Å²) in [4.78, 5) is 2.66. The second-order valence-corrected chi connectivity index (χ2v) is 9.92. The Kier molecular flexibility index (Phi) is 3.57. The molecule has 1 heterocycles. The maximum Gasteiger partial charge on any atom is 0.244 e. The predicted octanol–water partition coefficient (Wildman–Crippen LogP) is 4.83. The summed E-state index contributed by atoms with van der Waals surface area (Å²) in [5, 5.41) is 0. The van der Waals surface area contributed by atoms with Crippen molar-refractivity contribution in [1.29, 1.82) is 0 Å². The van der Waals surface area contributed by atoms with E-state index in [1.54, 1.807) is 55.9 Å². The van der Waals surface area contributed by atoms with Gasteiger partial charge in [0, 0.05) is 22.3 Å². The Labute approximate surface area is 174 Å². The smallest absolute Gasteiger partial charge is 0.229 e. The lowest BCUT2D eigenvalue weighted by atomic mass is 9.98. The third kappa shape index (κ3) is 2.38. The average molecular weight is 384 g/mol. The second kappa shape index (κ2) is 6.20. The highest BCUT2D eigenvalue weighted by molar-refractivity contribution is 5.84. The maximum atomic E-state index is 2.66. The lowest BCUT2D eigenvalue weighted by Gasteiger charge is -2.17. The van der Waals surface area contributed by atoms with Crippen molar-refractivity contribution in [2.24, 2.45) is 0 Å². The standard InChI is InChI=1S/C27H31N2/c1-5-18-15-19-6-2-10-23(19)26(22(18)9-1)28-13-14-29(17-28)27-24-11-3-7-20(24)16-21-8-4-12-25(21)27/h15-17H,1-14H2/q+1. The van der Waals surface area contributed by atoms with Crippen LogP contribution in [0.1, 0.15) is 70.2 Å². The fourth-order valence-electron chi connectivity index (χ4n) is 7.10. The summed E-state index contributed by atoms with van der Waals surface area (Å²) in [6, 6.07) is 5.14. The van der Waals surface area contributed by atoms with Crippen LogP contribution in [0.2, 0.25) is 0 Å². The number of nitrogens with zero attached hydrogens (tertiary/aromatic N) is 2. The summed E-state index contributed by atoms with van der Waals surface area (Å²) in [5.41, 5.74) is 16.6. The summed E-state index contributed by atoms with van der Waals surface area (Å²) in [5.74, 6) is 0. The molecule has 0 radical (unpaired) electrons. The molecular weight excluding hydrogens is 352 g/mol. The van der Waals surface area contributed by atoms with Gasteiger partial charge in [0.25, 0.3) is 0 Å². The molecule has 0 saturated carbocycles. The van der Waals surface area contributed by atoms with E-state index in [-0.39, 0.29) is 0 Å². The van der Waals surface area contributed by atoms with Crippen LogP contribution in [-0.2, 0) is 51.4 Å². The molecule has 1 aliphatic heterocycles. The van der Waals surface area contributed by atoms with E-state index < -0.39 is 0 Å². The topological polar surface area (TPSA) is 6.25 Å². The van der Waals surface area contributed by atoms with Crippen molar-refractivity contribution in [3.8, 4) is 0 Å². The summed E-state index contributed by atoms with van der Waals surface area (Å²) in [6.45, 7) is 2.31. The first-order chi connectivity index (χ1) is 14.4. The van der Waals surface area contributed by atoms with Gasteiger partial charge in [-0.05, 0) is 99.3 Å². The summed E-state index contributed by atoms with van der Waals surface area (Å²) in [7, 11) is 0. The number of hydrogen-bond acceptors (Lipinski definition) is 1. The van der Waals surface area contributed by atoms with Crippen molar-refractivity contribution in [1.82, 2.24) is 0 Å². The highest BCUT2D eigenvalue weighted by Crippen LogP contribution is 2.43. The van der Waals surface area contributed by atoms with E-state index >= 15 is 0 Å². The zero-order valence-electron chi connectivity index (χ0n) is 17.5. The van der Waals surface area contributed by atoms with Crippen molar-refractivity contribution in [2.75, 3.05) is 18.0 Å². The zero-order chi connectivity index (χ0) is 18.9. The van der Waals surface area contributed by atoms with Crippen LogP contribution in [0, 0.1) is 0 Å². The Morgan fingerprint density at radius 1 is 0.586 bits per heavy atom. The molecule has 2 aromatic carbocycles. The van der Waals surface area contributed by atoms with Crippen LogP contribution in [0.25, 0.3) is 0 Å². The van der Waals surface area contributed by atoms with Crippen molar-refractivity contribution in [3.63, 3.8) is 0 Å². The van der Waals surface area contributed by atoms with Crippen molar-refractivity contribution in [3.05, 3.63) is 56.6 Å². The van der Waals surface area contributed by atoms with Gasteiger partial charge in [-0.1, -0.05) is 12.1 Å². The van der Waals surface area contributed by atoms with Crippen LogP contribution in [0.3, 0.4) is 0 Å². The van der Waals surface area contributed by atoms with Gasteiger partial charge < -0.3 is 0 Å². The van der Waals surface area contributed by atoms with E-state index in [4.69, 9.17) is 0 Å². The Balaban J connectivity index is 1.37. The Morgan fingerprint density at radius 2 is 1.07 bits per heavy atom. The van der Waals surface area contributed by atoms with E-state index in [1.807, 2.05) is 0 Å². The Morgan fingerprint density at radius 3 is 1.62 bits per heavy atom. The van der Waals surface area contributed by atoms with Gasteiger partial charge in [0.05, 0.1) is 0 Å². The van der Waals surface area contributed by atoms with E-state index in [2.05, 4.69) is 27.9 Å². The van der Waals surface area contributed by atoms with Crippen LogP contribution < -0.4 is 4.90 Å². The number of aryl methyl sites for hydroxylation is 4. The number of rotatable bonds is 2. The first kappa shape index (κ1) is 16.7. The van der Waals surface area contributed by atoms with E-state index in [0.29, 0.717) is 0 Å². The highest BCUT2D eigenvalue weighted by Gasteiger charge is 2.35. The van der Waals surface area contributed by atoms with Gasteiger partial charge in [0.15, 0.2) is 0 Å². The van der Waals surface area contributed by atoms with Gasteiger partial charge in [-0.15, -0.1) is 0 Å². The molecule has 0 bridgehead atoms. The molecule has 5 aliphatic rings. The van der Waals surface area contributed by atoms with Crippen LogP contribution in [0.15, 0.2) is 12.1 Å². The summed E-state index contributed by atoms with van der Waals surface area (Å²) < 4.78 is 2.66.